The summed E-state index contributed by atoms with van der Waals surface area (Å²) in [5.74, 6) is 1.40. The first kappa shape index (κ1) is 14.5. The number of fused-ring (bicyclic) bond motifs is 1. The highest BCUT2D eigenvalue weighted by atomic mass is 32.1. The molecule has 3 heterocycles. The Morgan fingerprint density at radius 2 is 2.19 bits per heavy atom. The third-order valence-corrected chi connectivity index (χ3v) is 5.10. The maximum absolute atomic E-state index is 5.94. The van der Waals surface area contributed by atoms with Crippen LogP contribution in [0.15, 0.2) is 6.07 Å². The third-order valence-electron chi connectivity index (χ3n) is 4.16. The molecule has 0 saturated carbocycles. The van der Waals surface area contributed by atoms with Gasteiger partial charge in [0.15, 0.2) is 0 Å². The maximum atomic E-state index is 5.94. The molecule has 6 heteroatoms. The number of thiophene rings is 1. The number of aromatic nitrogens is 2. The van der Waals surface area contributed by atoms with Gasteiger partial charge in [-0.2, -0.15) is 4.98 Å². The molecule has 1 saturated heterocycles. The Kier molecular flexibility index (Phi) is 3.99. The zero-order valence-corrected chi connectivity index (χ0v) is 13.8. The van der Waals surface area contributed by atoms with Crippen molar-refractivity contribution < 1.29 is 0 Å². The molecule has 0 bridgehead atoms. The first-order valence-electron chi connectivity index (χ1n) is 7.57. The van der Waals surface area contributed by atoms with Gasteiger partial charge in [-0.05, 0) is 39.4 Å². The topological polar surface area (TPSA) is 58.3 Å². The summed E-state index contributed by atoms with van der Waals surface area (Å²) in [6, 6.07) is 2.67. The van der Waals surface area contributed by atoms with Crippen molar-refractivity contribution >= 4 is 33.3 Å². The van der Waals surface area contributed by atoms with Crippen molar-refractivity contribution in [2.24, 2.45) is 0 Å². The summed E-state index contributed by atoms with van der Waals surface area (Å²) in [4.78, 5) is 16.1. The second-order valence-corrected chi connectivity index (χ2v) is 7.09. The van der Waals surface area contributed by atoms with E-state index >= 15 is 0 Å². The predicted molar refractivity (Wildman–Crippen MR) is 90.1 cm³/mol. The van der Waals surface area contributed by atoms with Crippen molar-refractivity contribution in [2.45, 2.75) is 32.7 Å². The van der Waals surface area contributed by atoms with E-state index in [1.54, 1.807) is 11.3 Å². The minimum Gasteiger partial charge on any atom is -0.368 e. The molecule has 0 aliphatic carbocycles. The molecule has 1 atom stereocenters. The van der Waals surface area contributed by atoms with Gasteiger partial charge in [-0.1, -0.05) is 6.92 Å². The van der Waals surface area contributed by atoms with Crippen LogP contribution in [0.4, 0.5) is 11.8 Å². The normalized spacial score (nSPS) is 20.9. The fourth-order valence-electron chi connectivity index (χ4n) is 3.13. The molecule has 2 aromatic heterocycles. The molecule has 1 aliphatic rings. The molecule has 0 spiro atoms. The molecule has 0 amide bonds. The largest absolute Gasteiger partial charge is 0.368 e. The van der Waals surface area contributed by atoms with Crippen molar-refractivity contribution in [2.75, 3.05) is 37.3 Å². The first-order chi connectivity index (χ1) is 10.1. The van der Waals surface area contributed by atoms with Gasteiger partial charge in [0.2, 0.25) is 5.95 Å². The van der Waals surface area contributed by atoms with Crippen LogP contribution >= 0.6 is 11.3 Å². The van der Waals surface area contributed by atoms with E-state index in [9.17, 15) is 0 Å². The van der Waals surface area contributed by atoms with Crippen LogP contribution in [-0.2, 0) is 0 Å². The van der Waals surface area contributed by atoms with Crippen LogP contribution in [0.2, 0.25) is 0 Å². The highest BCUT2D eigenvalue weighted by Gasteiger charge is 2.25. The molecular formula is C15H23N5S. The van der Waals surface area contributed by atoms with Gasteiger partial charge < -0.3 is 15.5 Å². The average molecular weight is 305 g/mol. The number of hydrogen-bond acceptors (Lipinski definition) is 6. The first-order valence-corrected chi connectivity index (χ1v) is 8.39. The lowest BCUT2D eigenvalue weighted by Crippen LogP contribution is -2.40. The number of rotatable bonds is 2. The molecule has 5 nitrogen and oxygen atoms in total. The molecular weight excluding hydrogens is 282 g/mol. The minimum absolute atomic E-state index is 0.381. The fraction of sp³-hybridized carbons (Fsp3) is 0.600. The number of likely N-dealkylation sites (N-methyl/N-ethyl adjacent to an activating group) is 1. The summed E-state index contributed by atoms with van der Waals surface area (Å²) in [5.41, 5.74) is 5.94. The predicted octanol–water partition coefficient (Wildman–Crippen LogP) is 2.50. The smallest absolute Gasteiger partial charge is 0.223 e. The van der Waals surface area contributed by atoms with E-state index in [1.165, 1.54) is 4.88 Å². The summed E-state index contributed by atoms with van der Waals surface area (Å²) in [7, 11) is 2.20. The minimum atomic E-state index is 0.381. The summed E-state index contributed by atoms with van der Waals surface area (Å²) in [6.45, 7) is 7.60. The Hall–Kier alpha value is -1.40. The van der Waals surface area contributed by atoms with Crippen LogP contribution in [-0.4, -0.2) is 47.6 Å². The monoisotopic (exact) mass is 305 g/mol. The Bertz CT molecular complexity index is 638. The van der Waals surface area contributed by atoms with Crippen molar-refractivity contribution in [3.05, 3.63) is 10.9 Å². The molecule has 0 radical (unpaired) electrons. The van der Waals surface area contributed by atoms with Crippen LogP contribution in [0.25, 0.3) is 10.2 Å². The summed E-state index contributed by atoms with van der Waals surface area (Å²) in [6.07, 6.45) is 2.26. The number of nitrogens with zero attached hydrogens (tertiary/aromatic N) is 4. The molecule has 0 aromatic carbocycles. The van der Waals surface area contributed by atoms with E-state index < -0.39 is 0 Å². The molecule has 114 valence electrons. The number of hydrogen-bond donors (Lipinski definition) is 1. The Morgan fingerprint density at radius 3 is 2.95 bits per heavy atom. The van der Waals surface area contributed by atoms with Gasteiger partial charge >= 0.3 is 0 Å². The van der Waals surface area contributed by atoms with Crippen molar-refractivity contribution in [3.63, 3.8) is 0 Å². The number of nitrogen functional groups attached to an aromatic ring is 1. The van der Waals surface area contributed by atoms with E-state index in [0.717, 1.165) is 48.5 Å². The summed E-state index contributed by atoms with van der Waals surface area (Å²) < 4.78 is 0. The number of aryl methyl sites for hydroxylation is 1. The van der Waals surface area contributed by atoms with Gasteiger partial charge in [-0.3, -0.25) is 0 Å². The van der Waals surface area contributed by atoms with Crippen LogP contribution in [0.1, 0.15) is 24.6 Å². The third kappa shape index (κ3) is 2.82. The number of anilines is 2. The number of nitrogens with two attached hydrogens (primary N) is 1. The lowest BCUT2D eigenvalue weighted by Gasteiger charge is -2.31. The van der Waals surface area contributed by atoms with Crippen LogP contribution in [0.5, 0.6) is 0 Å². The summed E-state index contributed by atoms with van der Waals surface area (Å²) >= 11 is 1.69. The molecule has 2 aromatic rings. The Morgan fingerprint density at radius 1 is 1.38 bits per heavy atom. The van der Waals surface area contributed by atoms with Crippen molar-refractivity contribution in [1.29, 1.82) is 0 Å². The van der Waals surface area contributed by atoms with Gasteiger partial charge in [0.05, 0.1) is 5.39 Å². The van der Waals surface area contributed by atoms with E-state index in [-0.39, 0.29) is 0 Å². The zero-order chi connectivity index (χ0) is 15.0. The Balaban J connectivity index is 2.08. The van der Waals surface area contributed by atoms with Crippen molar-refractivity contribution in [1.82, 2.24) is 14.9 Å². The molecule has 2 N–H and O–H groups in total. The van der Waals surface area contributed by atoms with Gasteiger partial charge in [0.1, 0.15) is 10.6 Å². The van der Waals surface area contributed by atoms with E-state index in [0.29, 0.717) is 12.0 Å². The molecule has 1 fully saturated rings. The standard InChI is InChI=1S/C15H23N5S/c1-4-11-9-19(3)6-5-7-20(11)13-12-8-10(2)21-14(12)18-15(16)17-13/h8,11H,4-7,9H2,1-3H3,(H2,16,17,18). The molecule has 3 rings (SSSR count). The molecule has 1 unspecified atom stereocenters. The maximum Gasteiger partial charge on any atom is 0.223 e. The van der Waals surface area contributed by atoms with Gasteiger partial charge in [-0.15, -0.1) is 11.3 Å². The van der Waals surface area contributed by atoms with Crippen LogP contribution < -0.4 is 10.6 Å². The second-order valence-electron chi connectivity index (χ2n) is 5.85. The lowest BCUT2D eigenvalue weighted by atomic mass is 10.1. The summed E-state index contributed by atoms with van der Waals surface area (Å²) in [5, 5.41) is 1.15. The second kappa shape index (κ2) is 5.77. The Labute approximate surface area is 129 Å². The van der Waals surface area contributed by atoms with E-state index in [4.69, 9.17) is 5.73 Å². The molecule has 21 heavy (non-hydrogen) atoms. The van der Waals surface area contributed by atoms with Crippen molar-refractivity contribution in [3.8, 4) is 0 Å². The van der Waals surface area contributed by atoms with E-state index in [1.807, 2.05) is 0 Å². The average Bonchev–Trinajstić information content (AvgIpc) is 2.69. The van der Waals surface area contributed by atoms with E-state index in [2.05, 4.69) is 46.7 Å². The van der Waals surface area contributed by atoms with Crippen LogP contribution in [0.3, 0.4) is 0 Å². The van der Waals surface area contributed by atoms with Crippen LogP contribution in [0, 0.1) is 6.92 Å². The van der Waals surface area contributed by atoms with Gasteiger partial charge in [-0.25, -0.2) is 4.98 Å². The molecule has 1 aliphatic heterocycles. The van der Waals surface area contributed by atoms with Gasteiger partial charge in [0.25, 0.3) is 0 Å². The zero-order valence-electron chi connectivity index (χ0n) is 13.0. The lowest BCUT2D eigenvalue weighted by molar-refractivity contribution is 0.328. The highest BCUT2D eigenvalue weighted by Crippen LogP contribution is 2.33. The fourth-order valence-corrected chi connectivity index (χ4v) is 4.01. The highest BCUT2D eigenvalue weighted by molar-refractivity contribution is 7.18. The quantitative estimate of drug-likeness (QED) is 0.924. The SMILES string of the molecule is CCC1CN(C)CCCN1c1nc(N)nc2sc(C)cc12. The van der Waals surface area contributed by atoms with Gasteiger partial charge in [0, 0.05) is 24.0 Å².